The Bertz CT molecular complexity index is 905. The Balaban J connectivity index is 4.31. The maximum absolute atomic E-state index is 12.6. The second-order valence-corrected chi connectivity index (χ2v) is 17.6. The molecule has 8 nitrogen and oxygen atoms in total. The lowest BCUT2D eigenvalue weighted by atomic mass is 10.0. The highest BCUT2D eigenvalue weighted by atomic mass is 31.2. The molecule has 0 rings (SSSR count). The second-order valence-electron chi connectivity index (χ2n) is 16.1. The zero-order chi connectivity index (χ0) is 39.1. The molecule has 0 aromatic carbocycles. The third kappa shape index (κ3) is 41.8. The van der Waals surface area contributed by atoms with Crippen molar-refractivity contribution in [1.29, 1.82) is 0 Å². The van der Waals surface area contributed by atoms with Crippen LogP contribution in [0.2, 0.25) is 0 Å². The maximum atomic E-state index is 12.6. The highest BCUT2D eigenvalue weighted by Gasteiger charge is 2.26. The minimum atomic E-state index is -4.29. The van der Waals surface area contributed by atoms with E-state index in [0.717, 1.165) is 19.3 Å². The summed E-state index contributed by atoms with van der Waals surface area (Å²) >= 11 is 0. The molecule has 53 heavy (non-hydrogen) atoms. The van der Waals surface area contributed by atoms with Gasteiger partial charge in [-0.1, -0.05) is 174 Å². The lowest BCUT2D eigenvalue weighted by Gasteiger charge is -2.24. The first-order valence-electron chi connectivity index (χ1n) is 22.1. The Morgan fingerprint density at radius 1 is 0.585 bits per heavy atom. The Morgan fingerprint density at radius 3 is 1.45 bits per heavy atom. The van der Waals surface area contributed by atoms with Crippen molar-refractivity contribution in [2.45, 2.75) is 206 Å². The standard InChI is InChI=1S/C44H86NO7P/c1-6-8-10-12-14-16-18-20-22-24-26-28-30-32-34-36-39-49-41-43(42-51-53(47,48)50-40-38-45(3,4)5)52-44(46)37-35-33-31-29-27-25-23-21-19-17-15-13-11-9-7-2/h31,33,36,39,43H,6-30,32,34-35,37-38,40-42H2,1-5H3/p+1/b33-31+,39-36+/t43-/m1/s1. The molecule has 0 saturated carbocycles. The summed E-state index contributed by atoms with van der Waals surface area (Å²) in [6.45, 7) is 4.91. The number of phosphoric ester groups is 1. The van der Waals surface area contributed by atoms with Gasteiger partial charge in [-0.25, -0.2) is 4.57 Å². The lowest BCUT2D eigenvalue weighted by Crippen LogP contribution is -2.37. The predicted octanol–water partition coefficient (Wildman–Crippen LogP) is 13.2. The van der Waals surface area contributed by atoms with Crippen molar-refractivity contribution in [3.63, 3.8) is 0 Å². The van der Waals surface area contributed by atoms with Gasteiger partial charge in [-0.2, -0.15) is 0 Å². The third-order valence-corrected chi connectivity index (χ3v) is 10.6. The number of unbranched alkanes of at least 4 members (excludes halogenated alkanes) is 25. The normalized spacial score (nSPS) is 13.9. The van der Waals surface area contributed by atoms with Crippen molar-refractivity contribution < 1.29 is 37.3 Å². The summed E-state index contributed by atoms with van der Waals surface area (Å²) in [7, 11) is 1.62. The van der Waals surface area contributed by atoms with Crippen LogP contribution >= 0.6 is 7.82 Å². The summed E-state index contributed by atoms with van der Waals surface area (Å²) in [5.74, 6) is -0.383. The molecule has 0 radical (unpaired) electrons. The summed E-state index contributed by atoms with van der Waals surface area (Å²) in [5.41, 5.74) is 0. The second kappa shape index (κ2) is 37.7. The van der Waals surface area contributed by atoms with Crippen molar-refractivity contribution in [2.24, 2.45) is 0 Å². The van der Waals surface area contributed by atoms with Gasteiger partial charge in [0.25, 0.3) is 0 Å². The van der Waals surface area contributed by atoms with E-state index >= 15 is 0 Å². The molecule has 0 aromatic rings. The minimum Gasteiger partial charge on any atom is -0.498 e. The highest BCUT2D eigenvalue weighted by Crippen LogP contribution is 2.43. The fraction of sp³-hybridized carbons (Fsp3) is 0.886. The Labute approximate surface area is 328 Å². The molecule has 1 N–H and O–H groups in total. The number of allylic oxidation sites excluding steroid dienone is 3. The van der Waals surface area contributed by atoms with Crippen LogP contribution in [0.3, 0.4) is 0 Å². The summed E-state index contributed by atoms with van der Waals surface area (Å²) < 4.78 is 34.7. The van der Waals surface area contributed by atoms with Gasteiger partial charge in [-0.05, 0) is 38.2 Å². The van der Waals surface area contributed by atoms with E-state index in [1.54, 1.807) is 6.26 Å². The van der Waals surface area contributed by atoms with Crippen LogP contribution in [0.1, 0.15) is 200 Å². The van der Waals surface area contributed by atoms with Crippen LogP contribution in [0.5, 0.6) is 0 Å². The van der Waals surface area contributed by atoms with E-state index in [0.29, 0.717) is 17.4 Å². The van der Waals surface area contributed by atoms with Crippen LogP contribution in [0, 0.1) is 0 Å². The van der Waals surface area contributed by atoms with Gasteiger partial charge >= 0.3 is 13.8 Å². The molecule has 0 saturated heterocycles. The fourth-order valence-corrected chi connectivity index (χ4v) is 6.87. The van der Waals surface area contributed by atoms with Crippen LogP contribution in [0.4, 0.5) is 0 Å². The van der Waals surface area contributed by atoms with Gasteiger partial charge in [-0.15, -0.1) is 0 Å². The highest BCUT2D eigenvalue weighted by molar-refractivity contribution is 7.47. The van der Waals surface area contributed by atoms with Gasteiger partial charge in [0, 0.05) is 6.42 Å². The topological polar surface area (TPSA) is 91.3 Å². The van der Waals surface area contributed by atoms with Gasteiger partial charge in [0.05, 0.1) is 34.0 Å². The number of hydrogen-bond acceptors (Lipinski definition) is 6. The number of ether oxygens (including phenoxy) is 2. The first-order chi connectivity index (χ1) is 25.6. The Hall–Kier alpha value is -1.18. The average molecular weight is 773 g/mol. The number of hydrogen-bond donors (Lipinski definition) is 1. The molecule has 0 aliphatic carbocycles. The maximum Gasteiger partial charge on any atom is 0.472 e. The Kier molecular flexibility index (Phi) is 36.9. The summed E-state index contributed by atoms with van der Waals surface area (Å²) in [6.07, 6.45) is 43.2. The van der Waals surface area contributed by atoms with Crippen LogP contribution in [-0.4, -0.2) is 69.0 Å². The molecule has 0 aliphatic heterocycles. The number of likely N-dealkylation sites (N-methyl/N-ethyl adjacent to an activating group) is 1. The first-order valence-corrected chi connectivity index (χ1v) is 23.6. The van der Waals surface area contributed by atoms with E-state index in [4.69, 9.17) is 18.5 Å². The van der Waals surface area contributed by atoms with Gasteiger partial charge in [0.2, 0.25) is 0 Å². The lowest BCUT2D eigenvalue weighted by molar-refractivity contribution is -0.870. The van der Waals surface area contributed by atoms with Gasteiger partial charge in [0.15, 0.2) is 6.10 Å². The first kappa shape index (κ1) is 51.8. The van der Waals surface area contributed by atoms with E-state index < -0.39 is 13.9 Å². The molecule has 0 fully saturated rings. The molecule has 0 amide bonds. The SMILES string of the molecule is CCCCCCCCCCCCC/C=C/CCC(=O)O[C@H](CO/C=C/CCCCCCCCCCCCCCCC)COP(=O)(O)OCC[N+](C)(C)C. The summed E-state index contributed by atoms with van der Waals surface area (Å²) in [5, 5.41) is 0. The summed E-state index contributed by atoms with van der Waals surface area (Å²) in [6, 6.07) is 0. The van der Waals surface area contributed by atoms with E-state index in [-0.39, 0.29) is 32.2 Å². The zero-order valence-corrected chi connectivity index (χ0v) is 36.4. The summed E-state index contributed by atoms with van der Waals surface area (Å²) in [4.78, 5) is 22.8. The smallest absolute Gasteiger partial charge is 0.472 e. The van der Waals surface area contributed by atoms with Crippen molar-refractivity contribution in [2.75, 3.05) is 47.5 Å². The van der Waals surface area contributed by atoms with Crippen LogP contribution < -0.4 is 0 Å². The Morgan fingerprint density at radius 2 is 1.00 bits per heavy atom. The van der Waals surface area contributed by atoms with Gasteiger partial charge in [-0.3, -0.25) is 13.8 Å². The van der Waals surface area contributed by atoms with Gasteiger partial charge in [0.1, 0.15) is 19.8 Å². The van der Waals surface area contributed by atoms with Crippen molar-refractivity contribution in [3.8, 4) is 0 Å². The van der Waals surface area contributed by atoms with Crippen LogP contribution in [0.15, 0.2) is 24.5 Å². The molecule has 0 heterocycles. The molecular formula is C44H87NO7P+. The van der Waals surface area contributed by atoms with E-state index in [1.807, 2.05) is 33.3 Å². The number of rotatable bonds is 41. The molecule has 0 aromatic heterocycles. The monoisotopic (exact) mass is 773 g/mol. The zero-order valence-electron chi connectivity index (χ0n) is 35.5. The minimum absolute atomic E-state index is 0.0363. The molecule has 314 valence electrons. The van der Waals surface area contributed by atoms with Crippen LogP contribution in [0.25, 0.3) is 0 Å². The number of carbonyl (C=O) groups is 1. The molecule has 0 bridgehead atoms. The number of quaternary nitrogens is 1. The third-order valence-electron chi connectivity index (χ3n) is 9.59. The van der Waals surface area contributed by atoms with Crippen molar-refractivity contribution in [3.05, 3.63) is 24.5 Å². The largest absolute Gasteiger partial charge is 0.498 e. The average Bonchev–Trinajstić information content (AvgIpc) is 3.11. The number of phosphoric acid groups is 1. The molecule has 0 spiro atoms. The van der Waals surface area contributed by atoms with E-state index in [2.05, 4.69) is 19.9 Å². The van der Waals surface area contributed by atoms with Crippen LogP contribution in [-0.2, 0) is 27.9 Å². The van der Waals surface area contributed by atoms with E-state index in [1.165, 1.54) is 154 Å². The number of carbonyl (C=O) groups excluding carboxylic acids is 1. The molecular weight excluding hydrogens is 685 g/mol. The van der Waals surface area contributed by atoms with Gasteiger partial charge < -0.3 is 18.9 Å². The van der Waals surface area contributed by atoms with E-state index in [9.17, 15) is 14.3 Å². The van der Waals surface area contributed by atoms with Crippen molar-refractivity contribution >= 4 is 13.8 Å². The number of esters is 1. The molecule has 2 atom stereocenters. The number of nitrogens with zero attached hydrogens (tertiary/aromatic N) is 1. The molecule has 9 heteroatoms. The predicted molar refractivity (Wildman–Crippen MR) is 224 cm³/mol. The van der Waals surface area contributed by atoms with Crippen molar-refractivity contribution in [1.82, 2.24) is 0 Å². The fourth-order valence-electron chi connectivity index (χ4n) is 6.12. The molecule has 1 unspecified atom stereocenters. The molecule has 0 aliphatic rings. The quantitative estimate of drug-likeness (QED) is 0.0165.